The SMILES string of the molecule is C[C@@H]1CNC[C@H]1C(=O)N(C)C1CNC1.Cl. The molecule has 2 aliphatic heterocycles. The fourth-order valence-electron chi connectivity index (χ4n) is 2.13. The Balaban J connectivity index is 0.00000112. The Labute approximate surface area is 97.2 Å². The maximum Gasteiger partial charge on any atom is 0.227 e. The van der Waals surface area contributed by atoms with Crippen molar-refractivity contribution < 1.29 is 4.79 Å². The highest BCUT2D eigenvalue weighted by molar-refractivity contribution is 5.85. The summed E-state index contributed by atoms with van der Waals surface area (Å²) >= 11 is 0. The quantitative estimate of drug-likeness (QED) is 0.688. The summed E-state index contributed by atoms with van der Waals surface area (Å²) in [5, 5.41) is 6.46. The zero-order valence-corrected chi connectivity index (χ0v) is 10.1. The predicted octanol–water partition coefficient (Wildman–Crippen LogP) is -0.306. The summed E-state index contributed by atoms with van der Waals surface area (Å²) in [6.07, 6.45) is 0. The second-order valence-electron chi connectivity index (χ2n) is 4.50. The molecule has 5 heteroatoms. The molecule has 0 radical (unpaired) electrons. The van der Waals surface area contributed by atoms with E-state index in [9.17, 15) is 4.79 Å². The number of nitrogens with zero attached hydrogens (tertiary/aromatic N) is 1. The number of carbonyl (C=O) groups excluding carboxylic acids is 1. The summed E-state index contributed by atoms with van der Waals surface area (Å²) < 4.78 is 0. The lowest BCUT2D eigenvalue weighted by atomic mass is 9.95. The molecule has 0 saturated carbocycles. The highest BCUT2D eigenvalue weighted by Gasteiger charge is 2.35. The first-order valence-corrected chi connectivity index (χ1v) is 5.38. The summed E-state index contributed by atoms with van der Waals surface area (Å²) in [6.45, 7) is 5.89. The number of likely N-dealkylation sites (N-methyl/N-ethyl adjacent to an activating group) is 1. The standard InChI is InChI=1S/C10H19N3O.ClH/c1-7-3-11-6-9(7)10(14)13(2)8-4-12-5-8;/h7-9,11-12H,3-6H2,1-2H3;1H/t7-,9-;/m1./s1. The van der Waals surface area contributed by atoms with Crippen molar-refractivity contribution in [2.45, 2.75) is 13.0 Å². The number of halogens is 1. The molecule has 1 amide bonds. The van der Waals surface area contributed by atoms with Gasteiger partial charge in [0.2, 0.25) is 5.91 Å². The second-order valence-corrected chi connectivity index (χ2v) is 4.50. The zero-order chi connectivity index (χ0) is 10.1. The van der Waals surface area contributed by atoms with E-state index in [0.29, 0.717) is 17.9 Å². The molecular weight excluding hydrogens is 214 g/mol. The maximum absolute atomic E-state index is 12.0. The zero-order valence-electron chi connectivity index (χ0n) is 9.32. The smallest absolute Gasteiger partial charge is 0.227 e. The van der Waals surface area contributed by atoms with Crippen LogP contribution in [0.15, 0.2) is 0 Å². The molecule has 0 bridgehead atoms. The van der Waals surface area contributed by atoms with E-state index in [2.05, 4.69) is 17.6 Å². The highest BCUT2D eigenvalue weighted by atomic mass is 35.5. The minimum absolute atomic E-state index is 0. The summed E-state index contributed by atoms with van der Waals surface area (Å²) in [5.41, 5.74) is 0. The fraction of sp³-hybridized carbons (Fsp3) is 0.900. The van der Waals surface area contributed by atoms with Gasteiger partial charge in [0.15, 0.2) is 0 Å². The van der Waals surface area contributed by atoms with Gasteiger partial charge in [-0.15, -0.1) is 12.4 Å². The van der Waals surface area contributed by atoms with Gasteiger partial charge in [0.25, 0.3) is 0 Å². The Morgan fingerprint density at radius 2 is 1.80 bits per heavy atom. The summed E-state index contributed by atoms with van der Waals surface area (Å²) in [5.74, 6) is 0.993. The summed E-state index contributed by atoms with van der Waals surface area (Å²) in [6, 6.07) is 0.426. The van der Waals surface area contributed by atoms with Gasteiger partial charge in [-0.3, -0.25) is 4.79 Å². The topological polar surface area (TPSA) is 44.4 Å². The van der Waals surface area contributed by atoms with Crippen molar-refractivity contribution in [2.24, 2.45) is 11.8 Å². The van der Waals surface area contributed by atoms with Gasteiger partial charge in [0.05, 0.1) is 12.0 Å². The molecule has 0 unspecified atom stereocenters. The Bertz CT molecular complexity index is 233. The number of carbonyl (C=O) groups is 1. The normalized spacial score (nSPS) is 30.5. The van der Waals surface area contributed by atoms with Crippen molar-refractivity contribution in [1.29, 1.82) is 0 Å². The first-order valence-electron chi connectivity index (χ1n) is 5.38. The van der Waals surface area contributed by atoms with E-state index < -0.39 is 0 Å². The van der Waals surface area contributed by atoms with Gasteiger partial charge < -0.3 is 15.5 Å². The lowest BCUT2D eigenvalue weighted by Crippen LogP contribution is -2.58. The van der Waals surface area contributed by atoms with Gasteiger partial charge in [-0.2, -0.15) is 0 Å². The molecule has 2 saturated heterocycles. The third-order valence-electron chi connectivity index (χ3n) is 3.49. The van der Waals surface area contributed by atoms with Crippen molar-refractivity contribution in [2.75, 3.05) is 33.2 Å². The molecule has 4 nitrogen and oxygen atoms in total. The van der Waals surface area contributed by atoms with Crippen LogP contribution in [0.4, 0.5) is 0 Å². The molecule has 88 valence electrons. The number of hydrogen-bond acceptors (Lipinski definition) is 3. The van der Waals surface area contributed by atoms with Crippen LogP contribution in [0.5, 0.6) is 0 Å². The van der Waals surface area contributed by atoms with Crippen LogP contribution in [0, 0.1) is 11.8 Å². The van der Waals surface area contributed by atoms with Crippen molar-refractivity contribution in [3.05, 3.63) is 0 Å². The van der Waals surface area contributed by atoms with Gasteiger partial charge in [-0.05, 0) is 12.5 Å². The van der Waals surface area contributed by atoms with Gasteiger partial charge >= 0.3 is 0 Å². The molecular formula is C10H20ClN3O. The van der Waals surface area contributed by atoms with E-state index in [1.807, 2.05) is 11.9 Å². The molecule has 2 atom stereocenters. The third-order valence-corrected chi connectivity index (χ3v) is 3.49. The van der Waals surface area contributed by atoms with Gasteiger partial charge in [0, 0.05) is 26.7 Å². The molecule has 15 heavy (non-hydrogen) atoms. The molecule has 2 rings (SSSR count). The van der Waals surface area contributed by atoms with Crippen LogP contribution in [0.2, 0.25) is 0 Å². The fourth-order valence-corrected chi connectivity index (χ4v) is 2.13. The number of rotatable bonds is 2. The molecule has 0 aromatic carbocycles. The molecule has 0 aromatic heterocycles. The molecule has 2 aliphatic rings. The van der Waals surface area contributed by atoms with E-state index in [4.69, 9.17) is 0 Å². The minimum Gasteiger partial charge on any atom is -0.340 e. The lowest BCUT2D eigenvalue weighted by Gasteiger charge is -2.37. The molecule has 2 fully saturated rings. The van der Waals surface area contributed by atoms with Crippen molar-refractivity contribution in [3.8, 4) is 0 Å². The molecule has 2 N–H and O–H groups in total. The Morgan fingerprint density at radius 3 is 2.20 bits per heavy atom. The average Bonchev–Trinajstić information content (AvgIpc) is 2.47. The van der Waals surface area contributed by atoms with E-state index in [0.717, 1.165) is 26.2 Å². The van der Waals surface area contributed by atoms with Crippen molar-refractivity contribution in [3.63, 3.8) is 0 Å². The number of hydrogen-bond donors (Lipinski definition) is 2. The monoisotopic (exact) mass is 233 g/mol. The first kappa shape index (κ1) is 12.7. The Hall–Kier alpha value is -0.320. The van der Waals surface area contributed by atoms with Crippen LogP contribution < -0.4 is 10.6 Å². The second kappa shape index (κ2) is 5.14. The number of nitrogens with one attached hydrogen (secondary N) is 2. The van der Waals surface area contributed by atoms with Crippen LogP contribution in [0.1, 0.15) is 6.92 Å². The van der Waals surface area contributed by atoms with E-state index in [1.165, 1.54) is 0 Å². The predicted molar refractivity (Wildman–Crippen MR) is 62.2 cm³/mol. The molecule has 0 spiro atoms. The van der Waals surface area contributed by atoms with Crippen LogP contribution >= 0.6 is 12.4 Å². The largest absolute Gasteiger partial charge is 0.340 e. The van der Waals surface area contributed by atoms with Crippen LogP contribution in [-0.2, 0) is 4.79 Å². The summed E-state index contributed by atoms with van der Waals surface area (Å²) in [4.78, 5) is 14.0. The minimum atomic E-state index is 0. The van der Waals surface area contributed by atoms with Gasteiger partial charge in [0.1, 0.15) is 0 Å². The van der Waals surface area contributed by atoms with Gasteiger partial charge in [-0.1, -0.05) is 6.92 Å². The van der Waals surface area contributed by atoms with Crippen molar-refractivity contribution in [1.82, 2.24) is 15.5 Å². The van der Waals surface area contributed by atoms with Crippen LogP contribution in [-0.4, -0.2) is 50.1 Å². The molecule has 2 heterocycles. The lowest BCUT2D eigenvalue weighted by molar-refractivity contribution is -0.137. The number of amides is 1. The van der Waals surface area contributed by atoms with Crippen LogP contribution in [0.3, 0.4) is 0 Å². The van der Waals surface area contributed by atoms with E-state index in [1.54, 1.807) is 0 Å². The van der Waals surface area contributed by atoms with Gasteiger partial charge in [-0.25, -0.2) is 0 Å². The molecule has 0 aliphatic carbocycles. The first-order chi connectivity index (χ1) is 6.70. The Kier molecular flexibility index (Phi) is 4.37. The Morgan fingerprint density at radius 1 is 1.20 bits per heavy atom. The van der Waals surface area contributed by atoms with Crippen molar-refractivity contribution >= 4 is 18.3 Å². The molecule has 0 aromatic rings. The van der Waals surface area contributed by atoms with Crippen LogP contribution in [0.25, 0.3) is 0 Å². The van der Waals surface area contributed by atoms with E-state index >= 15 is 0 Å². The van der Waals surface area contributed by atoms with E-state index in [-0.39, 0.29) is 18.3 Å². The highest BCUT2D eigenvalue weighted by Crippen LogP contribution is 2.19. The average molecular weight is 234 g/mol. The third kappa shape index (κ3) is 2.44. The summed E-state index contributed by atoms with van der Waals surface area (Å²) in [7, 11) is 1.93. The maximum atomic E-state index is 12.0.